The Morgan fingerprint density at radius 2 is 2.27 bits per heavy atom. The number of nitrogens with two attached hydrogens (primary N) is 1. The van der Waals surface area contributed by atoms with Gasteiger partial charge in [0.25, 0.3) is 0 Å². The number of nitriles is 1. The molecule has 0 aliphatic carbocycles. The highest BCUT2D eigenvalue weighted by atomic mass is 32.2. The van der Waals surface area contributed by atoms with Crippen molar-refractivity contribution in [2.45, 2.75) is 37.0 Å². The zero-order chi connectivity index (χ0) is 11.3. The van der Waals surface area contributed by atoms with E-state index in [9.17, 15) is 0 Å². The van der Waals surface area contributed by atoms with Crippen molar-refractivity contribution < 1.29 is 0 Å². The molecule has 15 heavy (non-hydrogen) atoms. The average Bonchev–Trinajstić information content (AvgIpc) is 2.29. The predicted molar refractivity (Wildman–Crippen MR) is 64.7 cm³/mol. The Morgan fingerprint density at radius 3 is 2.80 bits per heavy atom. The van der Waals surface area contributed by atoms with Crippen molar-refractivity contribution in [3.05, 3.63) is 29.3 Å². The molecule has 2 N–H and O–H groups in total. The molecular weight excluding hydrogens is 204 g/mol. The molecular formula is C12H16N2S. The van der Waals surface area contributed by atoms with Crippen LogP contribution in [0.3, 0.4) is 0 Å². The van der Waals surface area contributed by atoms with Crippen LogP contribution in [0.25, 0.3) is 0 Å². The maximum atomic E-state index is 9.02. The Balaban J connectivity index is 2.94. The van der Waals surface area contributed by atoms with Crippen LogP contribution in [-0.2, 0) is 6.54 Å². The lowest BCUT2D eigenvalue weighted by Crippen LogP contribution is -1.98. The van der Waals surface area contributed by atoms with Gasteiger partial charge in [0, 0.05) is 16.7 Å². The number of hydrogen-bond donors (Lipinski definition) is 1. The molecule has 0 saturated heterocycles. The fourth-order valence-corrected chi connectivity index (χ4v) is 2.17. The molecule has 3 heteroatoms. The van der Waals surface area contributed by atoms with Gasteiger partial charge in [-0.05, 0) is 24.1 Å². The fourth-order valence-electron chi connectivity index (χ4n) is 1.19. The molecule has 1 aromatic carbocycles. The third-order valence-electron chi connectivity index (χ3n) is 2.30. The lowest BCUT2D eigenvalue weighted by Gasteiger charge is -2.10. The summed E-state index contributed by atoms with van der Waals surface area (Å²) in [6.07, 6.45) is 1.11. The van der Waals surface area contributed by atoms with Gasteiger partial charge in [0.05, 0.1) is 5.56 Å². The van der Waals surface area contributed by atoms with Gasteiger partial charge in [-0.15, -0.1) is 11.8 Å². The largest absolute Gasteiger partial charge is 0.326 e. The highest BCUT2D eigenvalue weighted by Gasteiger charge is 2.07. The van der Waals surface area contributed by atoms with Gasteiger partial charge in [-0.25, -0.2) is 0 Å². The highest BCUT2D eigenvalue weighted by molar-refractivity contribution is 8.00. The van der Waals surface area contributed by atoms with Crippen molar-refractivity contribution in [3.63, 3.8) is 0 Å². The molecule has 0 aromatic heterocycles. The van der Waals surface area contributed by atoms with E-state index >= 15 is 0 Å². The minimum absolute atomic E-state index is 0.489. The van der Waals surface area contributed by atoms with Crippen LogP contribution in [-0.4, -0.2) is 5.25 Å². The quantitative estimate of drug-likeness (QED) is 0.794. The predicted octanol–water partition coefficient (Wildman–Crippen LogP) is 2.91. The van der Waals surface area contributed by atoms with Gasteiger partial charge < -0.3 is 5.73 Å². The van der Waals surface area contributed by atoms with Gasteiger partial charge in [0.2, 0.25) is 0 Å². The second-order valence-corrected chi connectivity index (χ2v) is 4.96. The SMILES string of the molecule is CCC(C)Sc1ccc(CN)cc1C#N. The summed E-state index contributed by atoms with van der Waals surface area (Å²) in [5, 5.41) is 9.56. The number of nitrogens with zero attached hydrogens (tertiary/aromatic N) is 1. The van der Waals surface area contributed by atoms with E-state index in [1.165, 1.54) is 0 Å². The fraction of sp³-hybridized carbons (Fsp3) is 0.417. The van der Waals surface area contributed by atoms with Crippen molar-refractivity contribution in [3.8, 4) is 6.07 Å². The molecule has 0 heterocycles. The van der Waals surface area contributed by atoms with Gasteiger partial charge in [-0.3, -0.25) is 0 Å². The van der Waals surface area contributed by atoms with Gasteiger partial charge >= 0.3 is 0 Å². The van der Waals surface area contributed by atoms with Gasteiger partial charge in [-0.2, -0.15) is 5.26 Å². The minimum atomic E-state index is 0.489. The number of thioether (sulfide) groups is 1. The molecule has 2 nitrogen and oxygen atoms in total. The minimum Gasteiger partial charge on any atom is -0.326 e. The van der Waals surface area contributed by atoms with E-state index in [4.69, 9.17) is 11.0 Å². The van der Waals surface area contributed by atoms with Crippen LogP contribution in [0.2, 0.25) is 0 Å². The first-order chi connectivity index (χ1) is 7.21. The standard InChI is InChI=1S/C12H16N2S/c1-3-9(2)15-12-5-4-10(7-13)6-11(12)8-14/h4-6,9H,3,7,13H2,1-2H3. The normalized spacial score (nSPS) is 12.1. The van der Waals surface area contributed by atoms with Crippen molar-refractivity contribution >= 4 is 11.8 Å². The molecule has 0 bridgehead atoms. The van der Waals surface area contributed by atoms with E-state index in [1.807, 2.05) is 18.2 Å². The first kappa shape index (κ1) is 12.1. The van der Waals surface area contributed by atoms with Crippen molar-refractivity contribution in [1.29, 1.82) is 5.26 Å². The second-order valence-electron chi connectivity index (χ2n) is 3.48. The van der Waals surface area contributed by atoms with Crippen molar-refractivity contribution in [1.82, 2.24) is 0 Å². The van der Waals surface area contributed by atoms with E-state index in [1.54, 1.807) is 11.8 Å². The van der Waals surface area contributed by atoms with Crippen LogP contribution in [0.15, 0.2) is 23.1 Å². The molecule has 0 fully saturated rings. The third-order valence-corrected chi connectivity index (χ3v) is 3.65. The molecule has 0 radical (unpaired) electrons. The highest BCUT2D eigenvalue weighted by Crippen LogP contribution is 2.28. The van der Waals surface area contributed by atoms with Crippen LogP contribution in [0.4, 0.5) is 0 Å². The molecule has 0 spiro atoms. The van der Waals surface area contributed by atoms with Crippen molar-refractivity contribution in [2.75, 3.05) is 0 Å². The summed E-state index contributed by atoms with van der Waals surface area (Å²) in [5.41, 5.74) is 7.29. The molecule has 0 aliphatic heterocycles. The summed E-state index contributed by atoms with van der Waals surface area (Å²) in [5.74, 6) is 0. The average molecular weight is 220 g/mol. The van der Waals surface area contributed by atoms with Gasteiger partial charge in [0.15, 0.2) is 0 Å². The van der Waals surface area contributed by atoms with Gasteiger partial charge in [0.1, 0.15) is 6.07 Å². The molecule has 0 aliphatic rings. The zero-order valence-corrected chi connectivity index (χ0v) is 9.97. The summed E-state index contributed by atoms with van der Waals surface area (Å²) < 4.78 is 0. The lowest BCUT2D eigenvalue weighted by atomic mass is 10.1. The Kier molecular flexibility index (Phi) is 4.67. The third kappa shape index (κ3) is 3.26. The Bertz CT molecular complexity index is 368. The first-order valence-corrected chi connectivity index (χ1v) is 5.99. The summed E-state index contributed by atoms with van der Waals surface area (Å²) in [6.45, 7) is 4.81. The molecule has 1 atom stereocenters. The summed E-state index contributed by atoms with van der Waals surface area (Å²) in [7, 11) is 0. The molecule has 0 amide bonds. The van der Waals surface area contributed by atoms with Crippen LogP contribution in [0.5, 0.6) is 0 Å². The van der Waals surface area contributed by atoms with Crippen LogP contribution in [0.1, 0.15) is 31.4 Å². The van der Waals surface area contributed by atoms with Gasteiger partial charge in [-0.1, -0.05) is 19.9 Å². The Labute approximate surface area is 95.5 Å². The summed E-state index contributed by atoms with van der Waals surface area (Å²) in [6, 6.07) is 8.09. The molecule has 80 valence electrons. The molecule has 1 aromatic rings. The molecule has 0 saturated carbocycles. The lowest BCUT2D eigenvalue weighted by molar-refractivity contribution is 0.905. The maximum absolute atomic E-state index is 9.02. The zero-order valence-electron chi connectivity index (χ0n) is 9.16. The summed E-state index contributed by atoms with van der Waals surface area (Å²) in [4.78, 5) is 1.06. The second kappa shape index (κ2) is 5.79. The topological polar surface area (TPSA) is 49.8 Å². The van der Waals surface area contributed by atoms with Crippen LogP contribution in [0, 0.1) is 11.3 Å². The molecule has 1 unspecified atom stereocenters. The Hall–Kier alpha value is -0.980. The molecule has 1 rings (SSSR count). The van der Waals surface area contributed by atoms with Crippen molar-refractivity contribution in [2.24, 2.45) is 5.73 Å². The number of rotatable bonds is 4. The van der Waals surface area contributed by atoms with E-state index in [-0.39, 0.29) is 0 Å². The van der Waals surface area contributed by atoms with E-state index in [0.29, 0.717) is 11.8 Å². The van der Waals surface area contributed by atoms with Crippen LogP contribution >= 0.6 is 11.8 Å². The monoisotopic (exact) mass is 220 g/mol. The first-order valence-electron chi connectivity index (χ1n) is 5.11. The number of benzene rings is 1. The Morgan fingerprint density at radius 1 is 1.53 bits per heavy atom. The van der Waals surface area contributed by atoms with E-state index < -0.39 is 0 Å². The van der Waals surface area contributed by atoms with Crippen LogP contribution < -0.4 is 5.73 Å². The maximum Gasteiger partial charge on any atom is 0.100 e. The number of hydrogen-bond acceptors (Lipinski definition) is 3. The van der Waals surface area contributed by atoms with E-state index in [0.717, 1.165) is 22.4 Å². The summed E-state index contributed by atoms with van der Waals surface area (Å²) >= 11 is 1.75. The smallest absolute Gasteiger partial charge is 0.100 e. The van der Waals surface area contributed by atoms with E-state index in [2.05, 4.69) is 19.9 Å².